The molecule has 6 nitrogen and oxygen atoms in total. The van der Waals surface area contributed by atoms with Crippen LogP contribution in [0.2, 0.25) is 0 Å². The predicted octanol–water partition coefficient (Wildman–Crippen LogP) is 2.92. The van der Waals surface area contributed by atoms with Crippen molar-refractivity contribution < 1.29 is 9.13 Å². The van der Waals surface area contributed by atoms with E-state index in [4.69, 9.17) is 19.7 Å². The zero-order valence-corrected chi connectivity index (χ0v) is 15.6. The minimum absolute atomic E-state index is 0.255. The van der Waals surface area contributed by atoms with Crippen LogP contribution >= 0.6 is 0 Å². The maximum Gasteiger partial charge on any atom is 0.159 e. The summed E-state index contributed by atoms with van der Waals surface area (Å²) in [6.07, 6.45) is 2.46. The van der Waals surface area contributed by atoms with Gasteiger partial charge in [-0.1, -0.05) is 0 Å². The van der Waals surface area contributed by atoms with Crippen molar-refractivity contribution in [2.45, 2.75) is 25.4 Å². The lowest BCUT2D eigenvalue weighted by molar-refractivity contribution is 0.122. The van der Waals surface area contributed by atoms with E-state index in [1.807, 2.05) is 12.1 Å². The van der Waals surface area contributed by atoms with E-state index in [9.17, 15) is 4.39 Å². The minimum atomic E-state index is -0.255. The van der Waals surface area contributed by atoms with E-state index < -0.39 is 0 Å². The maximum absolute atomic E-state index is 13.3. The summed E-state index contributed by atoms with van der Waals surface area (Å²) < 4.78 is 18.8. The molecule has 0 amide bonds. The van der Waals surface area contributed by atoms with Crippen LogP contribution in [0.15, 0.2) is 36.4 Å². The molecule has 7 heteroatoms. The fourth-order valence-electron chi connectivity index (χ4n) is 3.42. The molecule has 5 rings (SSSR count). The van der Waals surface area contributed by atoms with Gasteiger partial charge < -0.3 is 15.0 Å². The lowest BCUT2D eigenvalue weighted by Gasteiger charge is -2.28. The molecule has 2 aliphatic rings. The maximum atomic E-state index is 13.3. The summed E-state index contributed by atoms with van der Waals surface area (Å²) in [5.74, 6) is 1.39. The Kier molecular flexibility index (Phi) is 4.62. The predicted molar refractivity (Wildman–Crippen MR) is 106 cm³/mol. The standard InChI is InChI=1S/C21H22FN5O/c22-15-3-1-14(2-4-15)17-7-8-18-20(25-17)21(27-9-11-28-12-10-27)26-19(24-18)13-23-16-5-6-16/h1-4,7-8,16,23H,5-6,9-13H2. The van der Waals surface area contributed by atoms with Crippen LogP contribution in [0.25, 0.3) is 22.3 Å². The van der Waals surface area contributed by atoms with Crippen molar-refractivity contribution in [2.75, 3.05) is 31.2 Å². The monoisotopic (exact) mass is 379 g/mol. The van der Waals surface area contributed by atoms with Crippen molar-refractivity contribution in [2.24, 2.45) is 0 Å². The average Bonchev–Trinajstić information content (AvgIpc) is 3.57. The first kappa shape index (κ1) is 17.5. The van der Waals surface area contributed by atoms with Gasteiger partial charge in [0.15, 0.2) is 5.82 Å². The van der Waals surface area contributed by atoms with Crippen LogP contribution in [0, 0.1) is 5.82 Å². The molecule has 1 N–H and O–H groups in total. The largest absolute Gasteiger partial charge is 0.378 e. The molecule has 1 aliphatic heterocycles. The molecule has 0 radical (unpaired) electrons. The van der Waals surface area contributed by atoms with Crippen molar-refractivity contribution in [3.63, 3.8) is 0 Å². The Morgan fingerprint density at radius 3 is 2.54 bits per heavy atom. The third kappa shape index (κ3) is 3.68. The number of anilines is 1. The molecular weight excluding hydrogens is 357 g/mol. The summed E-state index contributed by atoms with van der Waals surface area (Å²) in [6.45, 7) is 3.59. The van der Waals surface area contributed by atoms with E-state index >= 15 is 0 Å². The van der Waals surface area contributed by atoms with Gasteiger partial charge >= 0.3 is 0 Å². The number of rotatable bonds is 5. The van der Waals surface area contributed by atoms with Gasteiger partial charge in [-0.25, -0.2) is 19.3 Å². The fourth-order valence-corrected chi connectivity index (χ4v) is 3.42. The Bertz CT molecular complexity index is 984. The van der Waals surface area contributed by atoms with E-state index in [1.54, 1.807) is 12.1 Å². The van der Waals surface area contributed by atoms with Gasteiger partial charge in [-0.15, -0.1) is 0 Å². The summed E-state index contributed by atoms with van der Waals surface area (Å²) >= 11 is 0. The number of nitrogens with zero attached hydrogens (tertiary/aromatic N) is 4. The summed E-state index contributed by atoms with van der Waals surface area (Å²) in [7, 11) is 0. The highest BCUT2D eigenvalue weighted by Gasteiger charge is 2.22. The molecule has 3 aromatic rings. The number of pyridine rings is 1. The SMILES string of the molecule is Fc1ccc(-c2ccc3nc(CNC4CC4)nc(N4CCOCC4)c3n2)cc1. The van der Waals surface area contributed by atoms with Crippen molar-refractivity contribution >= 4 is 16.9 Å². The number of halogens is 1. The Morgan fingerprint density at radius 2 is 1.79 bits per heavy atom. The zero-order chi connectivity index (χ0) is 18.9. The summed E-state index contributed by atoms with van der Waals surface area (Å²) in [4.78, 5) is 16.6. The molecule has 1 saturated carbocycles. The Labute approximate surface area is 162 Å². The van der Waals surface area contributed by atoms with Crippen molar-refractivity contribution in [3.05, 3.63) is 48.0 Å². The number of hydrogen-bond acceptors (Lipinski definition) is 6. The van der Waals surface area contributed by atoms with E-state index in [-0.39, 0.29) is 5.82 Å². The minimum Gasteiger partial charge on any atom is -0.378 e. The number of benzene rings is 1. The lowest BCUT2D eigenvalue weighted by atomic mass is 10.1. The van der Waals surface area contributed by atoms with Gasteiger partial charge in [-0.05, 0) is 49.2 Å². The molecule has 0 atom stereocenters. The molecular formula is C21H22FN5O. The van der Waals surface area contributed by atoms with Crippen LogP contribution in [0.1, 0.15) is 18.7 Å². The van der Waals surface area contributed by atoms with Crippen LogP contribution < -0.4 is 10.2 Å². The third-order valence-corrected chi connectivity index (χ3v) is 5.15. The molecule has 2 fully saturated rings. The number of fused-ring (bicyclic) bond motifs is 1. The van der Waals surface area contributed by atoms with Crippen LogP contribution in [0.3, 0.4) is 0 Å². The van der Waals surface area contributed by atoms with Gasteiger partial charge in [0.2, 0.25) is 0 Å². The normalized spacial score (nSPS) is 17.2. The number of hydrogen-bond donors (Lipinski definition) is 1. The van der Waals surface area contributed by atoms with Crippen LogP contribution in [-0.2, 0) is 11.3 Å². The first-order valence-corrected chi connectivity index (χ1v) is 9.76. The van der Waals surface area contributed by atoms with Crippen LogP contribution in [-0.4, -0.2) is 47.3 Å². The van der Waals surface area contributed by atoms with Gasteiger partial charge in [-0.3, -0.25) is 0 Å². The second kappa shape index (κ2) is 7.41. The summed E-state index contributed by atoms with van der Waals surface area (Å²) in [5.41, 5.74) is 3.26. The van der Waals surface area contributed by atoms with E-state index in [0.29, 0.717) is 25.8 Å². The zero-order valence-electron chi connectivity index (χ0n) is 15.6. The molecule has 1 aromatic carbocycles. The van der Waals surface area contributed by atoms with Gasteiger partial charge in [-0.2, -0.15) is 0 Å². The van der Waals surface area contributed by atoms with E-state index in [2.05, 4.69) is 10.2 Å². The van der Waals surface area contributed by atoms with Gasteiger partial charge in [0.25, 0.3) is 0 Å². The second-order valence-corrected chi connectivity index (χ2v) is 7.29. The van der Waals surface area contributed by atoms with E-state index in [0.717, 1.165) is 47.0 Å². The first-order valence-electron chi connectivity index (χ1n) is 9.76. The molecule has 0 unspecified atom stereocenters. The molecule has 2 aromatic heterocycles. The summed E-state index contributed by atoms with van der Waals surface area (Å²) in [6, 6.07) is 10.9. The average molecular weight is 379 g/mol. The number of aromatic nitrogens is 3. The Morgan fingerprint density at radius 1 is 1.00 bits per heavy atom. The number of morpholine rings is 1. The molecule has 28 heavy (non-hydrogen) atoms. The highest BCUT2D eigenvalue weighted by Crippen LogP contribution is 2.27. The van der Waals surface area contributed by atoms with Gasteiger partial charge in [0, 0.05) is 24.7 Å². The Hall–Kier alpha value is -2.64. The first-order chi connectivity index (χ1) is 13.8. The fraction of sp³-hybridized carbons (Fsp3) is 0.381. The topological polar surface area (TPSA) is 63.2 Å². The summed E-state index contributed by atoms with van der Waals surface area (Å²) in [5, 5.41) is 3.49. The molecule has 1 saturated heterocycles. The van der Waals surface area contributed by atoms with Crippen LogP contribution in [0.4, 0.5) is 10.2 Å². The highest BCUT2D eigenvalue weighted by atomic mass is 19.1. The molecule has 3 heterocycles. The number of nitrogens with one attached hydrogen (secondary N) is 1. The van der Waals surface area contributed by atoms with Gasteiger partial charge in [0.1, 0.15) is 17.2 Å². The highest BCUT2D eigenvalue weighted by molar-refractivity contribution is 5.87. The molecule has 0 bridgehead atoms. The Balaban J connectivity index is 1.57. The number of ether oxygens (including phenoxy) is 1. The van der Waals surface area contributed by atoms with Crippen molar-refractivity contribution in [1.82, 2.24) is 20.3 Å². The van der Waals surface area contributed by atoms with Crippen LogP contribution in [0.5, 0.6) is 0 Å². The second-order valence-electron chi connectivity index (χ2n) is 7.29. The smallest absolute Gasteiger partial charge is 0.159 e. The van der Waals surface area contributed by atoms with E-state index in [1.165, 1.54) is 25.0 Å². The lowest BCUT2D eigenvalue weighted by Crippen LogP contribution is -2.37. The molecule has 144 valence electrons. The molecule has 1 aliphatic carbocycles. The quantitative estimate of drug-likeness (QED) is 0.735. The third-order valence-electron chi connectivity index (χ3n) is 5.15. The van der Waals surface area contributed by atoms with Crippen molar-refractivity contribution in [3.8, 4) is 11.3 Å². The van der Waals surface area contributed by atoms with Gasteiger partial charge in [0.05, 0.1) is 31.0 Å². The van der Waals surface area contributed by atoms with Crippen molar-refractivity contribution in [1.29, 1.82) is 0 Å². The molecule has 0 spiro atoms.